The molecule has 0 bridgehead atoms. The van der Waals surface area contributed by atoms with Crippen LogP contribution in [0, 0.1) is 29.4 Å². The van der Waals surface area contributed by atoms with E-state index in [0.717, 1.165) is 40.8 Å². The van der Waals surface area contributed by atoms with Gasteiger partial charge in [-0.1, -0.05) is 30.3 Å². The number of amides is 5. The molecule has 0 spiro atoms. The number of benzene rings is 2. The number of nitrogens with zero attached hydrogens (tertiary/aromatic N) is 5. The van der Waals surface area contributed by atoms with Crippen molar-refractivity contribution in [1.82, 2.24) is 29.6 Å². The first-order chi connectivity index (χ1) is 29.0. The molecule has 1 N–H and O–H groups in total. The number of likely N-dealkylation sites (tertiary alicyclic amines) is 1. The van der Waals surface area contributed by atoms with Gasteiger partial charge in [0.25, 0.3) is 17.7 Å². The van der Waals surface area contributed by atoms with Gasteiger partial charge in [0.15, 0.2) is 6.10 Å². The van der Waals surface area contributed by atoms with E-state index in [1.807, 2.05) is 30.3 Å². The molecular formula is C44H52F2N6O9. The summed E-state index contributed by atoms with van der Waals surface area (Å²) in [6, 6.07) is 11.6. The predicted octanol–water partition coefficient (Wildman–Crippen LogP) is 4.65. The number of aromatic nitrogens is 2. The summed E-state index contributed by atoms with van der Waals surface area (Å²) in [5.74, 6) is -5.77. The molecule has 2 saturated heterocycles. The molecule has 61 heavy (non-hydrogen) atoms. The third-order valence-electron chi connectivity index (χ3n) is 10.9. The maximum Gasteiger partial charge on any atom is 0.410 e. The first-order valence-corrected chi connectivity index (χ1v) is 20.4. The number of carbonyl (C=O) groups is 6. The van der Waals surface area contributed by atoms with Crippen LogP contribution in [-0.2, 0) is 44.7 Å². The Morgan fingerprint density at radius 3 is 2.34 bits per heavy atom. The smallest absolute Gasteiger partial charge is 0.410 e. The SMILES string of the molecule is CC(=O)O[C@@H](C)C(=O)N(CC1CN(C(=O)OC(C)(C)C)CC1C(=O)NCCN1C(=O)C=CC1=O)C(c1nc(-c2cc(F)ccc2F)cn1Cc1ccccc1)C1CCOCC1. The normalized spacial score (nSPS) is 19.2. The van der Waals surface area contributed by atoms with E-state index in [9.17, 15) is 33.2 Å². The van der Waals surface area contributed by atoms with Crippen LogP contribution >= 0.6 is 0 Å². The van der Waals surface area contributed by atoms with Crippen LogP contribution in [0.15, 0.2) is 66.9 Å². The Morgan fingerprint density at radius 2 is 1.69 bits per heavy atom. The molecule has 2 fully saturated rings. The lowest BCUT2D eigenvalue weighted by Gasteiger charge is -2.41. The number of imide groups is 1. The molecule has 3 aliphatic heterocycles. The van der Waals surface area contributed by atoms with Gasteiger partial charge in [0.05, 0.1) is 17.7 Å². The molecule has 5 amide bonds. The Morgan fingerprint density at radius 1 is 1.00 bits per heavy atom. The van der Waals surface area contributed by atoms with Crippen LogP contribution in [0.2, 0.25) is 0 Å². The number of carbonyl (C=O) groups excluding carboxylic acids is 6. The van der Waals surface area contributed by atoms with E-state index in [-0.39, 0.29) is 56.4 Å². The van der Waals surface area contributed by atoms with Gasteiger partial charge < -0.3 is 33.9 Å². The van der Waals surface area contributed by atoms with Crippen molar-refractivity contribution in [2.24, 2.45) is 17.8 Å². The minimum absolute atomic E-state index is 0.00947. The Kier molecular flexibility index (Phi) is 14.0. The fourth-order valence-electron chi connectivity index (χ4n) is 8.06. The third kappa shape index (κ3) is 11.1. The molecule has 6 rings (SSSR count). The van der Waals surface area contributed by atoms with Crippen LogP contribution < -0.4 is 5.32 Å². The molecule has 2 aromatic carbocycles. The van der Waals surface area contributed by atoms with Gasteiger partial charge in [-0.3, -0.25) is 28.9 Å². The minimum Gasteiger partial charge on any atom is -0.453 e. The molecule has 17 heteroatoms. The highest BCUT2D eigenvalue weighted by Crippen LogP contribution is 2.39. The maximum atomic E-state index is 15.4. The summed E-state index contributed by atoms with van der Waals surface area (Å²) < 4.78 is 48.8. The van der Waals surface area contributed by atoms with Crippen LogP contribution in [0.4, 0.5) is 13.6 Å². The van der Waals surface area contributed by atoms with Gasteiger partial charge >= 0.3 is 12.1 Å². The first kappa shape index (κ1) is 44.6. The second kappa shape index (κ2) is 19.2. The molecule has 4 heterocycles. The summed E-state index contributed by atoms with van der Waals surface area (Å²) in [5.41, 5.74) is 0.0383. The molecule has 3 unspecified atom stereocenters. The second-order valence-electron chi connectivity index (χ2n) is 16.6. The predicted molar refractivity (Wildman–Crippen MR) is 216 cm³/mol. The third-order valence-corrected chi connectivity index (χ3v) is 10.9. The van der Waals surface area contributed by atoms with Gasteiger partial charge in [0.2, 0.25) is 5.91 Å². The van der Waals surface area contributed by atoms with Crippen molar-refractivity contribution in [1.29, 1.82) is 0 Å². The van der Waals surface area contributed by atoms with Gasteiger partial charge in [-0.05, 0) is 70.2 Å². The van der Waals surface area contributed by atoms with Crippen LogP contribution in [-0.4, -0.2) is 118 Å². The van der Waals surface area contributed by atoms with E-state index >= 15 is 4.39 Å². The first-order valence-electron chi connectivity index (χ1n) is 20.4. The summed E-state index contributed by atoms with van der Waals surface area (Å²) in [6.07, 6.45) is 2.90. The zero-order chi connectivity index (χ0) is 44.0. The molecule has 15 nitrogen and oxygen atoms in total. The van der Waals surface area contributed by atoms with Gasteiger partial charge in [0.1, 0.15) is 23.1 Å². The molecule has 3 aromatic rings. The number of nitrogens with one attached hydrogen (secondary N) is 1. The van der Waals surface area contributed by atoms with Crippen molar-refractivity contribution in [3.63, 3.8) is 0 Å². The number of ether oxygens (including phenoxy) is 3. The molecule has 0 radical (unpaired) electrons. The van der Waals surface area contributed by atoms with Crippen molar-refractivity contribution in [2.75, 3.05) is 45.9 Å². The lowest BCUT2D eigenvalue weighted by Crippen LogP contribution is -2.50. The Labute approximate surface area is 353 Å². The number of halogens is 2. The average Bonchev–Trinajstić information content (AvgIpc) is 3.92. The van der Waals surface area contributed by atoms with Crippen LogP contribution in [0.3, 0.4) is 0 Å². The lowest BCUT2D eigenvalue weighted by molar-refractivity contribution is -0.160. The maximum absolute atomic E-state index is 15.4. The molecule has 326 valence electrons. The van der Waals surface area contributed by atoms with Crippen molar-refractivity contribution in [3.05, 3.63) is 89.9 Å². The number of rotatable bonds is 14. The molecule has 1 aromatic heterocycles. The summed E-state index contributed by atoms with van der Waals surface area (Å²) in [6.45, 7) is 8.35. The zero-order valence-corrected chi connectivity index (χ0v) is 35.0. The highest BCUT2D eigenvalue weighted by atomic mass is 19.1. The van der Waals surface area contributed by atoms with E-state index in [1.165, 1.54) is 23.6 Å². The molecular weight excluding hydrogens is 795 g/mol. The molecule has 0 saturated carbocycles. The zero-order valence-electron chi connectivity index (χ0n) is 35.0. The van der Waals surface area contributed by atoms with E-state index in [4.69, 9.17) is 19.2 Å². The van der Waals surface area contributed by atoms with E-state index in [1.54, 1.807) is 31.5 Å². The number of hydrogen-bond acceptors (Lipinski definition) is 10. The van der Waals surface area contributed by atoms with E-state index in [2.05, 4.69) is 5.32 Å². The summed E-state index contributed by atoms with van der Waals surface area (Å²) in [4.78, 5) is 88.2. The van der Waals surface area contributed by atoms with E-state index < -0.39 is 76.9 Å². The van der Waals surface area contributed by atoms with Crippen molar-refractivity contribution < 1.29 is 51.8 Å². The highest BCUT2D eigenvalue weighted by Gasteiger charge is 2.46. The van der Waals surface area contributed by atoms with Gasteiger partial charge in [0, 0.05) is 89.2 Å². The fraction of sp³-hybridized carbons (Fsp3) is 0.477. The topological polar surface area (TPSA) is 170 Å². The van der Waals surface area contributed by atoms with E-state index in [0.29, 0.717) is 31.9 Å². The van der Waals surface area contributed by atoms with Crippen molar-refractivity contribution in [3.8, 4) is 11.3 Å². The molecule has 3 aliphatic rings. The molecule has 0 aliphatic carbocycles. The monoisotopic (exact) mass is 846 g/mol. The van der Waals surface area contributed by atoms with Gasteiger partial charge in [-0.2, -0.15) is 0 Å². The van der Waals surface area contributed by atoms with Crippen molar-refractivity contribution in [2.45, 2.75) is 71.8 Å². The average molecular weight is 847 g/mol. The van der Waals surface area contributed by atoms with Crippen LogP contribution in [0.25, 0.3) is 11.3 Å². The fourth-order valence-corrected chi connectivity index (χ4v) is 8.06. The minimum atomic E-state index is -1.29. The van der Waals surface area contributed by atoms with Gasteiger partial charge in [-0.25, -0.2) is 18.6 Å². The number of esters is 1. The number of imidazole rings is 1. The Hall–Kier alpha value is -5.97. The molecule has 4 atom stereocenters. The lowest BCUT2D eigenvalue weighted by atomic mass is 9.87. The summed E-state index contributed by atoms with van der Waals surface area (Å²) in [5, 5.41) is 2.81. The highest BCUT2D eigenvalue weighted by molar-refractivity contribution is 6.12. The van der Waals surface area contributed by atoms with Crippen LogP contribution in [0.1, 0.15) is 64.9 Å². The van der Waals surface area contributed by atoms with Crippen molar-refractivity contribution >= 4 is 35.7 Å². The van der Waals surface area contributed by atoms with Gasteiger partial charge in [-0.15, -0.1) is 0 Å². The summed E-state index contributed by atoms with van der Waals surface area (Å²) >= 11 is 0. The number of hydrogen-bond donors (Lipinski definition) is 1. The Balaban J connectivity index is 1.44. The largest absolute Gasteiger partial charge is 0.453 e. The Bertz CT molecular complexity index is 2130. The second-order valence-corrected chi connectivity index (χ2v) is 16.6. The standard InChI is InChI=1S/C44H52F2N6O9/c1-27(60-28(2)53)42(57)52(24-31-23-50(43(58)61-44(3,4)5)25-34(31)41(56)47-17-18-51-37(54)13-14-38(51)55)39(30-15-19-59-20-16-30)40-48-36(33-21-32(45)11-12-35(33)46)26-49(40)22-29-9-7-6-8-10-29/h6-14,21,26-27,30-31,34,39H,15-20,22-25H2,1-5H3,(H,47,56)/t27-,31?,34?,39?/m0/s1. The quantitative estimate of drug-likeness (QED) is 0.178. The van der Waals surface area contributed by atoms with Crippen LogP contribution in [0.5, 0.6) is 0 Å². The summed E-state index contributed by atoms with van der Waals surface area (Å²) in [7, 11) is 0.